The lowest BCUT2D eigenvalue weighted by molar-refractivity contribution is 0.0987. The third-order valence-corrected chi connectivity index (χ3v) is 3.78. The second kappa shape index (κ2) is 5.60. The van der Waals surface area contributed by atoms with Gasteiger partial charge in [-0.2, -0.15) is 0 Å². The van der Waals surface area contributed by atoms with Crippen molar-refractivity contribution in [3.8, 4) is 0 Å². The van der Waals surface area contributed by atoms with Gasteiger partial charge in [-0.15, -0.1) is 0 Å². The molecule has 3 nitrogen and oxygen atoms in total. The Labute approximate surface area is 125 Å². The normalized spacial score (nSPS) is 14.1. The minimum absolute atomic E-state index is 0.0814. The van der Waals surface area contributed by atoms with Crippen LogP contribution in [0.4, 0.5) is 11.4 Å². The highest BCUT2D eigenvalue weighted by Crippen LogP contribution is 2.29. The predicted molar refractivity (Wildman–Crippen MR) is 87.1 cm³/mol. The zero-order valence-electron chi connectivity index (χ0n) is 12.5. The zero-order chi connectivity index (χ0) is 14.8. The van der Waals surface area contributed by atoms with Crippen molar-refractivity contribution >= 4 is 17.3 Å². The molecule has 0 aromatic heterocycles. The van der Waals surface area contributed by atoms with E-state index in [1.54, 1.807) is 0 Å². The highest BCUT2D eigenvalue weighted by Gasteiger charge is 2.22. The molecule has 108 valence electrons. The van der Waals surface area contributed by atoms with Gasteiger partial charge < -0.3 is 10.2 Å². The highest BCUT2D eigenvalue weighted by molar-refractivity contribution is 6.08. The minimum atomic E-state index is 0.0814. The van der Waals surface area contributed by atoms with Gasteiger partial charge in [-0.3, -0.25) is 4.79 Å². The molecule has 1 aliphatic rings. The summed E-state index contributed by atoms with van der Waals surface area (Å²) in [6.07, 6.45) is 0.950. The lowest BCUT2D eigenvalue weighted by Crippen LogP contribution is -2.31. The molecule has 0 saturated heterocycles. The summed E-state index contributed by atoms with van der Waals surface area (Å²) in [6.45, 7) is 5.70. The molecule has 0 aliphatic carbocycles. The maximum atomic E-state index is 12.9. The van der Waals surface area contributed by atoms with Gasteiger partial charge in [-0.25, -0.2) is 0 Å². The molecule has 1 N–H and O–H groups in total. The van der Waals surface area contributed by atoms with Crippen molar-refractivity contribution in [3.63, 3.8) is 0 Å². The fourth-order valence-corrected chi connectivity index (χ4v) is 2.90. The van der Waals surface area contributed by atoms with Gasteiger partial charge in [0.25, 0.3) is 5.91 Å². The second-order valence-corrected chi connectivity index (χ2v) is 5.63. The number of hydrogen-bond donors (Lipinski definition) is 1. The van der Waals surface area contributed by atoms with E-state index in [1.807, 2.05) is 55.1 Å². The van der Waals surface area contributed by atoms with Crippen molar-refractivity contribution in [1.82, 2.24) is 0 Å². The Morgan fingerprint density at radius 1 is 1.10 bits per heavy atom. The third kappa shape index (κ3) is 2.77. The number of nitrogens with zero attached hydrogens (tertiary/aromatic N) is 1. The lowest BCUT2D eigenvalue weighted by Gasteiger charge is -2.23. The van der Waals surface area contributed by atoms with Crippen LogP contribution in [0.25, 0.3) is 0 Å². The fourth-order valence-electron chi connectivity index (χ4n) is 2.90. The number of fused-ring (bicyclic) bond motifs is 1. The summed E-state index contributed by atoms with van der Waals surface area (Å²) >= 11 is 0. The molecule has 0 unspecified atom stereocenters. The molecule has 0 atom stereocenters. The van der Waals surface area contributed by atoms with Gasteiger partial charge in [0, 0.05) is 18.7 Å². The Kier molecular flexibility index (Phi) is 3.65. The standard InChI is InChI=1S/C18H20N2O/c1-13-10-14(2)12-15(11-13)18(21)20-9-5-8-19-16-6-3-4-7-17(16)20/h3-4,6-7,10-12,19H,5,8-9H2,1-2H3. The van der Waals surface area contributed by atoms with Crippen LogP contribution in [0.1, 0.15) is 27.9 Å². The van der Waals surface area contributed by atoms with Gasteiger partial charge in [-0.05, 0) is 44.5 Å². The maximum Gasteiger partial charge on any atom is 0.258 e. The smallest absolute Gasteiger partial charge is 0.258 e. The van der Waals surface area contributed by atoms with E-state index in [1.165, 1.54) is 0 Å². The number of rotatable bonds is 1. The molecule has 0 spiro atoms. The minimum Gasteiger partial charge on any atom is -0.383 e. The van der Waals surface area contributed by atoms with E-state index < -0.39 is 0 Å². The zero-order valence-corrected chi connectivity index (χ0v) is 12.5. The Balaban J connectivity index is 2.01. The summed E-state index contributed by atoms with van der Waals surface area (Å²) in [7, 11) is 0. The summed E-state index contributed by atoms with van der Waals surface area (Å²) < 4.78 is 0. The maximum absolute atomic E-state index is 12.9. The highest BCUT2D eigenvalue weighted by atomic mass is 16.2. The largest absolute Gasteiger partial charge is 0.383 e. The summed E-state index contributed by atoms with van der Waals surface area (Å²) in [5, 5.41) is 3.39. The van der Waals surface area contributed by atoms with Crippen LogP contribution in [0.3, 0.4) is 0 Å². The second-order valence-electron chi connectivity index (χ2n) is 5.63. The molecule has 21 heavy (non-hydrogen) atoms. The first-order valence-electron chi connectivity index (χ1n) is 7.38. The van der Waals surface area contributed by atoms with E-state index in [4.69, 9.17) is 0 Å². The molecule has 1 aliphatic heterocycles. The first-order chi connectivity index (χ1) is 10.1. The van der Waals surface area contributed by atoms with Crippen LogP contribution in [0.2, 0.25) is 0 Å². The molecule has 2 aromatic rings. The number of aryl methyl sites for hydroxylation is 2. The first-order valence-corrected chi connectivity index (χ1v) is 7.38. The molecule has 2 aromatic carbocycles. The molecule has 0 fully saturated rings. The van der Waals surface area contributed by atoms with Gasteiger partial charge in [-0.1, -0.05) is 29.3 Å². The van der Waals surface area contributed by atoms with Crippen LogP contribution in [0.15, 0.2) is 42.5 Å². The van der Waals surface area contributed by atoms with E-state index in [0.717, 1.165) is 47.6 Å². The number of para-hydroxylation sites is 2. The summed E-state index contributed by atoms with van der Waals surface area (Å²) in [5.74, 6) is 0.0814. The number of hydrogen-bond acceptors (Lipinski definition) is 2. The number of nitrogens with one attached hydrogen (secondary N) is 1. The Morgan fingerprint density at radius 2 is 1.81 bits per heavy atom. The monoisotopic (exact) mass is 280 g/mol. The molecule has 3 rings (SSSR count). The average Bonchev–Trinajstić information content (AvgIpc) is 2.68. The first kappa shape index (κ1) is 13.7. The van der Waals surface area contributed by atoms with Crippen molar-refractivity contribution < 1.29 is 4.79 Å². The number of amides is 1. The lowest BCUT2D eigenvalue weighted by atomic mass is 10.1. The van der Waals surface area contributed by atoms with Gasteiger partial charge in [0.2, 0.25) is 0 Å². The Hall–Kier alpha value is -2.29. The number of carbonyl (C=O) groups is 1. The van der Waals surface area contributed by atoms with Gasteiger partial charge >= 0.3 is 0 Å². The van der Waals surface area contributed by atoms with Crippen molar-refractivity contribution in [3.05, 3.63) is 59.2 Å². The molecular formula is C18H20N2O. The third-order valence-electron chi connectivity index (χ3n) is 3.78. The number of benzene rings is 2. The summed E-state index contributed by atoms with van der Waals surface area (Å²) in [5.41, 5.74) is 5.02. The van der Waals surface area contributed by atoms with Gasteiger partial charge in [0.05, 0.1) is 11.4 Å². The van der Waals surface area contributed by atoms with E-state index in [0.29, 0.717) is 0 Å². The topological polar surface area (TPSA) is 32.3 Å². The quantitative estimate of drug-likeness (QED) is 0.862. The molecule has 1 amide bonds. The summed E-state index contributed by atoms with van der Waals surface area (Å²) in [6, 6.07) is 14.0. The molecule has 0 radical (unpaired) electrons. The van der Waals surface area contributed by atoms with Crippen molar-refractivity contribution in [2.45, 2.75) is 20.3 Å². The van der Waals surface area contributed by atoms with Crippen molar-refractivity contribution in [2.24, 2.45) is 0 Å². The van der Waals surface area contributed by atoms with E-state index >= 15 is 0 Å². The van der Waals surface area contributed by atoms with Crippen LogP contribution in [0, 0.1) is 13.8 Å². The number of anilines is 2. The van der Waals surface area contributed by atoms with Gasteiger partial charge in [0.15, 0.2) is 0 Å². The van der Waals surface area contributed by atoms with Gasteiger partial charge in [0.1, 0.15) is 0 Å². The Morgan fingerprint density at radius 3 is 2.57 bits per heavy atom. The number of carbonyl (C=O) groups excluding carboxylic acids is 1. The van der Waals surface area contributed by atoms with Crippen LogP contribution in [-0.2, 0) is 0 Å². The molecule has 3 heteroatoms. The predicted octanol–water partition coefficient (Wildman–Crippen LogP) is 3.77. The molecular weight excluding hydrogens is 260 g/mol. The fraction of sp³-hybridized carbons (Fsp3) is 0.278. The van der Waals surface area contributed by atoms with E-state index in [-0.39, 0.29) is 5.91 Å². The molecule has 0 saturated carbocycles. The molecule has 1 heterocycles. The Bertz CT molecular complexity index is 658. The SMILES string of the molecule is Cc1cc(C)cc(C(=O)N2CCCNc3ccccc32)c1. The van der Waals surface area contributed by atoms with Crippen LogP contribution < -0.4 is 10.2 Å². The average molecular weight is 280 g/mol. The van der Waals surface area contributed by atoms with E-state index in [9.17, 15) is 4.79 Å². The van der Waals surface area contributed by atoms with Crippen LogP contribution in [0.5, 0.6) is 0 Å². The molecule has 0 bridgehead atoms. The van der Waals surface area contributed by atoms with Crippen molar-refractivity contribution in [1.29, 1.82) is 0 Å². The van der Waals surface area contributed by atoms with E-state index in [2.05, 4.69) is 11.4 Å². The van der Waals surface area contributed by atoms with Crippen molar-refractivity contribution in [2.75, 3.05) is 23.3 Å². The van der Waals surface area contributed by atoms with Crippen LogP contribution in [-0.4, -0.2) is 19.0 Å². The van der Waals surface area contributed by atoms with Crippen LogP contribution >= 0.6 is 0 Å². The summed E-state index contributed by atoms with van der Waals surface area (Å²) in [4.78, 5) is 14.8.